The van der Waals surface area contributed by atoms with Crippen LogP contribution in [0.1, 0.15) is 24.6 Å². The van der Waals surface area contributed by atoms with Gasteiger partial charge in [0.2, 0.25) is 0 Å². The van der Waals surface area contributed by atoms with Crippen LogP contribution in [-0.4, -0.2) is 36.9 Å². The molecule has 2 heterocycles. The van der Waals surface area contributed by atoms with Crippen molar-refractivity contribution in [3.63, 3.8) is 0 Å². The average molecular weight is 382 g/mol. The van der Waals surface area contributed by atoms with Crippen LogP contribution in [0.15, 0.2) is 52.1 Å². The van der Waals surface area contributed by atoms with Crippen LogP contribution >= 0.6 is 0 Å². The van der Waals surface area contributed by atoms with Gasteiger partial charge in [0.1, 0.15) is 5.76 Å². The van der Waals surface area contributed by atoms with E-state index in [0.29, 0.717) is 6.54 Å². The molecule has 1 saturated heterocycles. The number of furan rings is 1. The number of benzene rings is 1. The first-order valence-corrected chi connectivity index (χ1v) is 8.61. The molecule has 1 atom stereocenters. The number of hydrogen-bond acceptors (Lipinski definition) is 4. The van der Waals surface area contributed by atoms with Gasteiger partial charge < -0.3 is 20.2 Å². The van der Waals surface area contributed by atoms with Gasteiger partial charge in [0.15, 0.2) is 11.7 Å². The fraction of sp³-hybridized carbons (Fsp3) is 0.389. The molecule has 0 radical (unpaired) electrons. The van der Waals surface area contributed by atoms with Gasteiger partial charge in [-0.25, -0.2) is 0 Å². The first kappa shape index (κ1) is 19.1. The van der Waals surface area contributed by atoms with Crippen molar-refractivity contribution < 1.29 is 22.3 Å². The van der Waals surface area contributed by atoms with E-state index in [1.54, 1.807) is 12.3 Å². The number of anilines is 1. The maximum Gasteiger partial charge on any atom is 0.573 e. The Morgan fingerprint density at radius 2 is 1.96 bits per heavy atom. The largest absolute Gasteiger partial charge is 0.573 e. The summed E-state index contributed by atoms with van der Waals surface area (Å²) in [5.41, 5.74) is 5.98. The van der Waals surface area contributed by atoms with Crippen molar-refractivity contribution in [1.82, 2.24) is 4.90 Å². The molecule has 1 fully saturated rings. The minimum atomic E-state index is -4.79. The summed E-state index contributed by atoms with van der Waals surface area (Å²) in [6, 6.07) is 9.30. The third-order valence-corrected chi connectivity index (χ3v) is 4.26. The number of likely N-dealkylation sites (tertiary alicyclic amines) is 1. The standard InChI is InChI=1S/C18H21F3N4O2/c19-18(20,21)27-15-7-2-1-6-13(15)24-17(22)23-12-14(16-8-5-11-26-16)25-9-3-4-10-25/h1-2,5-8,11,14H,3-4,9-10,12H2,(H3,22,23,24). The highest BCUT2D eigenvalue weighted by Crippen LogP contribution is 2.30. The highest BCUT2D eigenvalue weighted by atomic mass is 19.4. The molecule has 0 amide bonds. The first-order valence-electron chi connectivity index (χ1n) is 8.61. The minimum absolute atomic E-state index is 0.00368. The van der Waals surface area contributed by atoms with Crippen molar-refractivity contribution in [2.24, 2.45) is 10.7 Å². The summed E-state index contributed by atoms with van der Waals surface area (Å²) < 4.78 is 47.1. The van der Waals surface area contributed by atoms with Crippen LogP contribution < -0.4 is 15.8 Å². The van der Waals surface area contributed by atoms with Crippen LogP contribution in [0.25, 0.3) is 0 Å². The Hall–Kier alpha value is -2.68. The highest BCUT2D eigenvalue weighted by Gasteiger charge is 2.32. The number of para-hydroxylation sites is 2. The number of nitrogens with one attached hydrogen (secondary N) is 1. The van der Waals surface area contributed by atoms with E-state index in [1.165, 1.54) is 18.2 Å². The van der Waals surface area contributed by atoms with Gasteiger partial charge in [-0.2, -0.15) is 0 Å². The van der Waals surface area contributed by atoms with Crippen molar-refractivity contribution in [3.8, 4) is 5.75 Å². The molecular weight excluding hydrogens is 361 g/mol. The Labute approximate surface area is 154 Å². The number of ether oxygens (including phenoxy) is 1. The first-order chi connectivity index (χ1) is 12.9. The number of aliphatic imine (C=N–C) groups is 1. The summed E-state index contributed by atoms with van der Waals surface area (Å²) in [5, 5.41) is 2.68. The van der Waals surface area contributed by atoms with Crippen molar-refractivity contribution >= 4 is 11.6 Å². The molecule has 1 unspecified atom stereocenters. The van der Waals surface area contributed by atoms with Crippen molar-refractivity contribution in [1.29, 1.82) is 0 Å². The molecule has 1 aliphatic rings. The molecule has 1 aliphatic heterocycles. The van der Waals surface area contributed by atoms with E-state index < -0.39 is 6.36 Å². The lowest BCUT2D eigenvalue weighted by Crippen LogP contribution is -2.30. The Balaban J connectivity index is 1.70. The molecule has 3 rings (SSSR count). The molecule has 146 valence electrons. The van der Waals surface area contributed by atoms with Crippen molar-refractivity contribution in [3.05, 3.63) is 48.4 Å². The van der Waals surface area contributed by atoms with Crippen LogP contribution in [0.2, 0.25) is 0 Å². The van der Waals surface area contributed by atoms with Crippen molar-refractivity contribution in [2.75, 3.05) is 25.0 Å². The monoisotopic (exact) mass is 382 g/mol. The zero-order valence-electron chi connectivity index (χ0n) is 14.6. The van der Waals surface area contributed by atoms with Gasteiger partial charge >= 0.3 is 6.36 Å². The van der Waals surface area contributed by atoms with Gasteiger partial charge in [-0.3, -0.25) is 9.89 Å². The molecule has 0 aliphatic carbocycles. The number of nitrogens with zero attached hydrogens (tertiary/aromatic N) is 2. The second kappa shape index (κ2) is 8.34. The lowest BCUT2D eigenvalue weighted by molar-refractivity contribution is -0.274. The molecule has 2 aromatic rings. The zero-order chi connectivity index (χ0) is 19.3. The molecule has 6 nitrogen and oxygen atoms in total. The fourth-order valence-electron chi connectivity index (χ4n) is 3.07. The van der Waals surface area contributed by atoms with E-state index in [1.807, 2.05) is 12.1 Å². The summed E-state index contributed by atoms with van der Waals surface area (Å²) in [4.78, 5) is 6.56. The predicted molar refractivity (Wildman–Crippen MR) is 95.5 cm³/mol. The van der Waals surface area contributed by atoms with E-state index in [0.717, 1.165) is 31.7 Å². The Bertz CT molecular complexity index is 756. The van der Waals surface area contributed by atoms with Gasteiger partial charge in [0.05, 0.1) is 24.5 Å². The molecule has 9 heteroatoms. The topological polar surface area (TPSA) is 76.0 Å². The van der Waals surface area contributed by atoms with Crippen LogP contribution in [0, 0.1) is 0 Å². The van der Waals surface area contributed by atoms with E-state index in [9.17, 15) is 13.2 Å². The number of rotatable bonds is 6. The van der Waals surface area contributed by atoms with Gasteiger partial charge in [-0.15, -0.1) is 13.2 Å². The molecular formula is C18H21F3N4O2. The van der Waals surface area contributed by atoms with Gasteiger partial charge in [0, 0.05) is 0 Å². The van der Waals surface area contributed by atoms with Crippen LogP contribution in [-0.2, 0) is 0 Å². The maximum atomic E-state index is 12.5. The van der Waals surface area contributed by atoms with E-state index in [2.05, 4.69) is 19.9 Å². The van der Waals surface area contributed by atoms with Gasteiger partial charge in [0.25, 0.3) is 0 Å². The van der Waals surface area contributed by atoms with Gasteiger partial charge in [-0.05, 0) is 50.2 Å². The normalized spacial score (nSPS) is 17.1. The quantitative estimate of drug-likeness (QED) is 0.588. The molecule has 1 aromatic carbocycles. The molecule has 0 bridgehead atoms. The smallest absolute Gasteiger partial charge is 0.468 e. The van der Waals surface area contributed by atoms with Crippen LogP contribution in [0.5, 0.6) is 5.75 Å². The Morgan fingerprint density at radius 1 is 1.22 bits per heavy atom. The van der Waals surface area contributed by atoms with E-state index in [-0.39, 0.29) is 23.4 Å². The van der Waals surface area contributed by atoms with Crippen LogP contribution in [0.3, 0.4) is 0 Å². The molecule has 0 saturated carbocycles. The lowest BCUT2D eigenvalue weighted by Gasteiger charge is -2.24. The molecule has 27 heavy (non-hydrogen) atoms. The van der Waals surface area contributed by atoms with Gasteiger partial charge in [-0.1, -0.05) is 12.1 Å². The third-order valence-electron chi connectivity index (χ3n) is 4.26. The summed E-state index contributed by atoms with van der Waals surface area (Å²) in [5.74, 6) is 0.420. The number of nitrogens with two attached hydrogens (primary N) is 1. The molecule has 3 N–H and O–H groups in total. The zero-order valence-corrected chi connectivity index (χ0v) is 14.6. The number of halogens is 3. The average Bonchev–Trinajstić information content (AvgIpc) is 3.30. The summed E-state index contributed by atoms with van der Waals surface area (Å²) >= 11 is 0. The Kier molecular flexibility index (Phi) is 5.90. The predicted octanol–water partition coefficient (Wildman–Crippen LogP) is 3.74. The fourth-order valence-corrected chi connectivity index (χ4v) is 3.07. The highest BCUT2D eigenvalue weighted by molar-refractivity contribution is 5.93. The summed E-state index contributed by atoms with van der Waals surface area (Å²) in [7, 11) is 0. The van der Waals surface area contributed by atoms with Crippen LogP contribution in [0.4, 0.5) is 18.9 Å². The summed E-state index contributed by atoms with van der Waals surface area (Å²) in [6.07, 6.45) is -0.966. The Morgan fingerprint density at radius 3 is 2.63 bits per heavy atom. The molecule has 1 aromatic heterocycles. The lowest BCUT2D eigenvalue weighted by atomic mass is 10.2. The van der Waals surface area contributed by atoms with E-state index >= 15 is 0 Å². The number of guanidine groups is 1. The second-order valence-corrected chi connectivity index (χ2v) is 6.17. The molecule has 0 spiro atoms. The second-order valence-electron chi connectivity index (χ2n) is 6.17. The third kappa shape index (κ3) is 5.40. The van der Waals surface area contributed by atoms with Crippen molar-refractivity contribution in [2.45, 2.75) is 25.2 Å². The maximum absolute atomic E-state index is 12.5. The summed E-state index contributed by atoms with van der Waals surface area (Å²) in [6.45, 7) is 2.21. The SMILES string of the molecule is NC(=NCC(c1ccco1)N1CCCC1)Nc1ccccc1OC(F)(F)F. The number of hydrogen-bond donors (Lipinski definition) is 2. The number of alkyl halides is 3. The van der Waals surface area contributed by atoms with E-state index in [4.69, 9.17) is 10.2 Å². The minimum Gasteiger partial charge on any atom is -0.468 e.